The third kappa shape index (κ3) is 2.71. The first-order chi connectivity index (χ1) is 6.86. The molecule has 0 aliphatic rings. The maximum Gasteiger partial charge on any atom is 0.263 e. The van der Waals surface area contributed by atoms with Crippen molar-refractivity contribution in [1.29, 1.82) is 0 Å². The molecule has 2 aromatic heterocycles. The predicted octanol–water partition coefficient (Wildman–Crippen LogP) is 0.453. The van der Waals surface area contributed by atoms with Gasteiger partial charge in [0.2, 0.25) is 0 Å². The summed E-state index contributed by atoms with van der Waals surface area (Å²) in [5.74, 6) is 6.43. The van der Waals surface area contributed by atoms with Gasteiger partial charge in [-0.05, 0) is 12.1 Å². The third-order valence-corrected chi connectivity index (χ3v) is 1.47. The Morgan fingerprint density at radius 1 is 1.60 bits per heavy atom. The molecule has 0 bridgehead atoms. The summed E-state index contributed by atoms with van der Waals surface area (Å²) in [6.07, 6.45) is 4.44. The Morgan fingerprint density at radius 2 is 2.47 bits per heavy atom. The summed E-state index contributed by atoms with van der Waals surface area (Å²) in [5.41, 5.74) is 2.60. The van der Waals surface area contributed by atoms with Gasteiger partial charge >= 0.3 is 0 Å². The quantitative estimate of drug-likeness (QED) is 0.452. The third-order valence-electron chi connectivity index (χ3n) is 1.47. The molecular formula is C7H9ClN6O. The van der Waals surface area contributed by atoms with Gasteiger partial charge in [0, 0.05) is 0 Å². The van der Waals surface area contributed by atoms with E-state index in [0.717, 1.165) is 0 Å². The Hall–Kier alpha value is -2.02. The predicted molar refractivity (Wildman–Crippen MR) is 57.3 cm³/mol. The van der Waals surface area contributed by atoms with Gasteiger partial charge in [0.1, 0.15) is 12.1 Å². The van der Waals surface area contributed by atoms with Crippen molar-refractivity contribution in [1.82, 2.24) is 14.9 Å². The molecule has 0 spiro atoms. The molecule has 7 nitrogen and oxygen atoms in total. The van der Waals surface area contributed by atoms with Gasteiger partial charge in [0.05, 0.1) is 12.5 Å². The molecule has 0 fully saturated rings. The Kier molecular flexibility index (Phi) is 3.69. The van der Waals surface area contributed by atoms with E-state index in [9.17, 15) is 0 Å². The molecule has 2 heterocycles. The number of hydrazone groups is 1. The second-order valence-electron chi connectivity index (χ2n) is 2.45. The lowest BCUT2D eigenvalue weighted by Crippen LogP contribution is -2.10. The average molecular weight is 229 g/mol. The molecule has 0 aliphatic carbocycles. The van der Waals surface area contributed by atoms with Gasteiger partial charge in [0.25, 0.3) is 5.95 Å². The number of nitrogens with two attached hydrogens (primary N) is 1. The zero-order valence-corrected chi connectivity index (χ0v) is 8.39. The summed E-state index contributed by atoms with van der Waals surface area (Å²) >= 11 is 0. The van der Waals surface area contributed by atoms with E-state index in [1.54, 1.807) is 18.4 Å². The van der Waals surface area contributed by atoms with Crippen LogP contribution in [0, 0.1) is 0 Å². The van der Waals surface area contributed by atoms with Crippen LogP contribution in [0.3, 0.4) is 0 Å². The summed E-state index contributed by atoms with van der Waals surface area (Å²) in [4.78, 5) is 0. The lowest BCUT2D eigenvalue weighted by Gasteiger charge is -1.95. The first-order valence-corrected chi connectivity index (χ1v) is 3.84. The molecule has 0 radical (unpaired) electrons. The standard InChI is InChI=1S/C7H8N6O.ClH/c8-13-5-10-12-7(13)11-9-4-6-2-1-3-14-6;/h1-5H,8H2,(H,11,12);1H/b9-4+;. The second kappa shape index (κ2) is 5.01. The molecule has 2 rings (SSSR count). The average Bonchev–Trinajstić information content (AvgIpc) is 2.78. The van der Waals surface area contributed by atoms with E-state index in [-0.39, 0.29) is 12.4 Å². The van der Waals surface area contributed by atoms with E-state index < -0.39 is 0 Å². The van der Waals surface area contributed by atoms with Crippen LogP contribution >= 0.6 is 12.4 Å². The van der Waals surface area contributed by atoms with E-state index in [1.807, 2.05) is 0 Å². The number of halogens is 1. The van der Waals surface area contributed by atoms with Gasteiger partial charge in [-0.3, -0.25) is 0 Å². The minimum Gasteiger partial charge on any atom is -0.463 e. The number of anilines is 1. The fourth-order valence-electron chi connectivity index (χ4n) is 0.841. The molecular weight excluding hydrogens is 220 g/mol. The van der Waals surface area contributed by atoms with Gasteiger partial charge in [-0.25, -0.2) is 10.1 Å². The highest BCUT2D eigenvalue weighted by Crippen LogP contribution is 1.97. The van der Waals surface area contributed by atoms with Crippen molar-refractivity contribution in [3.8, 4) is 0 Å². The molecule has 0 saturated heterocycles. The van der Waals surface area contributed by atoms with Crippen LogP contribution in [0.4, 0.5) is 5.95 Å². The fraction of sp³-hybridized carbons (Fsp3) is 0. The van der Waals surface area contributed by atoms with E-state index in [0.29, 0.717) is 11.7 Å². The van der Waals surface area contributed by atoms with Gasteiger partial charge in [-0.2, -0.15) is 5.10 Å². The van der Waals surface area contributed by atoms with E-state index >= 15 is 0 Å². The van der Waals surface area contributed by atoms with Crippen molar-refractivity contribution < 1.29 is 4.42 Å². The van der Waals surface area contributed by atoms with Crippen molar-refractivity contribution in [2.75, 3.05) is 11.3 Å². The summed E-state index contributed by atoms with van der Waals surface area (Å²) < 4.78 is 6.24. The van der Waals surface area contributed by atoms with Crippen molar-refractivity contribution in [2.24, 2.45) is 5.10 Å². The molecule has 0 aliphatic heterocycles. The van der Waals surface area contributed by atoms with Crippen LogP contribution < -0.4 is 11.3 Å². The molecule has 2 aromatic rings. The Bertz CT molecular complexity index is 422. The lowest BCUT2D eigenvalue weighted by atomic mass is 10.5. The molecule has 0 aromatic carbocycles. The number of hydrogen-bond acceptors (Lipinski definition) is 6. The monoisotopic (exact) mass is 228 g/mol. The Labute approximate surface area is 91.4 Å². The Morgan fingerprint density at radius 3 is 3.07 bits per heavy atom. The molecule has 80 valence electrons. The van der Waals surface area contributed by atoms with Gasteiger partial charge in [0.15, 0.2) is 0 Å². The number of aromatic nitrogens is 3. The fourth-order valence-corrected chi connectivity index (χ4v) is 0.841. The smallest absolute Gasteiger partial charge is 0.263 e. The second-order valence-corrected chi connectivity index (χ2v) is 2.45. The molecule has 0 unspecified atom stereocenters. The first-order valence-electron chi connectivity index (χ1n) is 3.84. The minimum atomic E-state index is 0. The maximum absolute atomic E-state index is 5.43. The summed E-state index contributed by atoms with van der Waals surface area (Å²) in [7, 11) is 0. The van der Waals surface area contributed by atoms with Crippen molar-refractivity contribution in [3.05, 3.63) is 30.5 Å². The molecule has 15 heavy (non-hydrogen) atoms. The zero-order valence-electron chi connectivity index (χ0n) is 7.57. The van der Waals surface area contributed by atoms with E-state index in [2.05, 4.69) is 20.7 Å². The lowest BCUT2D eigenvalue weighted by molar-refractivity contribution is 0.560. The first kappa shape index (κ1) is 11.1. The highest BCUT2D eigenvalue weighted by atomic mass is 35.5. The summed E-state index contributed by atoms with van der Waals surface area (Å²) in [5, 5.41) is 11.1. The topological polar surface area (TPSA) is 94.3 Å². The van der Waals surface area contributed by atoms with Crippen LogP contribution in [0.25, 0.3) is 0 Å². The van der Waals surface area contributed by atoms with Crippen molar-refractivity contribution in [2.45, 2.75) is 0 Å². The van der Waals surface area contributed by atoms with Crippen LogP contribution in [0.1, 0.15) is 5.76 Å². The SMILES string of the molecule is Cl.Nn1cnnc1N/N=C/c1ccco1. The summed E-state index contributed by atoms with van der Waals surface area (Å²) in [6.45, 7) is 0. The van der Waals surface area contributed by atoms with Crippen LogP contribution in [0.15, 0.2) is 34.2 Å². The molecule has 0 atom stereocenters. The van der Waals surface area contributed by atoms with Crippen LogP contribution in [-0.4, -0.2) is 21.1 Å². The number of rotatable bonds is 3. The number of nitrogens with zero attached hydrogens (tertiary/aromatic N) is 4. The van der Waals surface area contributed by atoms with Crippen LogP contribution in [0.2, 0.25) is 0 Å². The summed E-state index contributed by atoms with van der Waals surface area (Å²) in [6, 6.07) is 3.55. The van der Waals surface area contributed by atoms with E-state index in [1.165, 1.54) is 17.2 Å². The molecule has 3 N–H and O–H groups in total. The highest BCUT2D eigenvalue weighted by molar-refractivity contribution is 5.85. The van der Waals surface area contributed by atoms with Crippen molar-refractivity contribution >= 4 is 24.6 Å². The Balaban J connectivity index is 0.00000112. The van der Waals surface area contributed by atoms with Crippen LogP contribution in [0.5, 0.6) is 0 Å². The van der Waals surface area contributed by atoms with Gasteiger partial charge < -0.3 is 10.3 Å². The maximum atomic E-state index is 5.43. The number of nitrogen functional groups attached to an aromatic ring is 1. The molecule has 0 saturated carbocycles. The van der Waals surface area contributed by atoms with Gasteiger partial charge in [-0.1, -0.05) is 0 Å². The highest BCUT2D eigenvalue weighted by Gasteiger charge is 1.96. The number of nitrogens with one attached hydrogen (secondary N) is 1. The van der Waals surface area contributed by atoms with Crippen LogP contribution in [-0.2, 0) is 0 Å². The largest absolute Gasteiger partial charge is 0.463 e. The molecule has 0 amide bonds. The van der Waals surface area contributed by atoms with Gasteiger partial charge in [-0.15, -0.1) is 22.6 Å². The van der Waals surface area contributed by atoms with Crippen molar-refractivity contribution in [3.63, 3.8) is 0 Å². The zero-order chi connectivity index (χ0) is 9.80. The molecule has 8 heteroatoms. The normalized spacial score (nSPS) is 10.1. The number of furan rings is 1. The van der Waals surface area contributed by atoms with E-state index in [4.69, 9.17) is 10.3 Å². The minimum absolute atomic E-state index is 0. The number of hydrogen-bond donors (Lipinski definition) is 2.